The number of H-pyrrole nitrogens is 1. The van der Waals surface area contributed by atoms with Gasteiger partial charge < -0.3 is 15.6 Å². The van der Waals surface area contributed by atoms with Gasteiger partial charge in [-0.1, -0.05) is 23.7 Å². The standard InChI is InChI=1S/C18H20ClN5OS/c1-12-2-3-13(8-14(12)19)9-23-18(25)15-11-26-17(24-15)4-5-20-10-16-21-6-7-22-16/h2-3,6-8,11,20H,4-5,9-10H2,1H3,(H,21,22)(H,23,25). The largest absolute Gasteiger partial charge is 0.348 e. The summed E-state index contributed by atoms with van der Waals surface area (Å²) < 4.78 is 0. The topological polar surface area (TPSA) is 82.7 Å². The number of nitrogens with zero attached hydrogens (tertiary/aromatic N) is 2. The van der Waals surface area contributed by atoms with Gasteiger partial charge in [0, 0.05) is 42.3 Å². The van der Waals surface area contributed by atoms with E-state index in [1.54, 1.807) is 17.8 Å². The molecule has 26 heavy (non-hydrogen) atoms. The van der Waals surface area contributed by atoms with Crippen LogP contribution in [0.15, 0.2) is 36.0 Å². The van der Waals surface area contributed by atoms with Crippen LogP contribution in [0.25, 0.3) is 0 Å². The maximum Gasteiger partial charge on any atom is 0.271 e. The van der Waals surface area contributed by atoms with Crippen LogP contribution >= 0.6 is 22.9 Å². The zero-order valence-electron chi connectivity index (χ0n) is 14.4. The summed E-state index contributed by atoms with van der Waals surface area (Å²) in [5, 5.41) is 9.60. The molecule has 0 fully saturated rings. The molecule has 0 saturated heterocycles. The van der Waals surface area contributed by atoms with E-state index in [1.807, 2.05) is 25.1 Å². The molecular formula is C18H20ClN5OS. The first-order valence-corrected chi connectivity index (χ1v) is 9.54. The van der Waals surface area contributed by atoms with Crippen LogP contribution in [0.2, 0.25) is 5.02 Å². The monoisotopic (exact) mass is 389 g/mol. The lowest BCUT2D eigenvalue weighted by Crippen LogP contribution is -2.23. The van der Waals surface area contributed by atoms with Gasteiger partial charge in [0.25, 0.3) is 5.91 Å². The molecule has 3 aromatic rings. The number of aryl methyl sites for hydroxylation is 1. The molecule has 6 nitrogen and oxygen atoms in total. The van der Waals surface area contributed by atoms with Crippen molar-refractivity contribution in [3.05, 3.63) is 68.6 Å². The van der Waals surface area contributed by atoms with Gasteiger partial charge in [0.1, 0.15) is 11.5 Å². The van der Waals surface area contributed by atoms with Crippen molar-refractivity contribution in [3.63, 3.8) is 0 Å². The predicted octanol–water partition coefficient (Wildman–Crippen LogP) is 3.09. The maximum absolute atomic E-state index is 12.2. The minimum Gasteiger partial charge on any atom is -0.348 e. The van der Waals surface area contributed by atoms with Crippen molar-refractivity contribution in [2.24, 2.45) is 0 Å². The van der Waals surface area contributed by atoms with Crippen LogP contribution in [-0.4, -0.2) is 27.4 Å². The van der Waals surface area contributed by atoms with E-state index in [1.165, 1.54) is 11.3 Å². The first kappa shape index (κ1) is 18.6. The third-order valence-corrected chi connectivity index (χ3v) is 5.15. The molecular weight excluding hydrogens is 370 g/mol. The molecule has 3 N–H and O–H groups in total. The summed E-state index contributed by atoms with van der Waals surface area (Å²) in [5.41, 5.74) is 2.44. The number of carbonyl (C=O) groups excluding carboxylic acids is 1. The fraction of sp³-hybridized carbons (Fsp3) is 0.278. The van der Waals surface area contributed by atoms with Gasteiger partial charge in [-0.05, 0) is 24.1 Å². The lowest BCUT2D eigenvalue weighted by atomic mass is 10.1. The molecule has 0 atom stereocenters. The molecule has 0 radical (unpaired) electrons. The van der Waals surface area contributed by atoms with Gasteiger partial charge in [-0.2, -0.15) is 0 Å². The van der Waals surface area contributed by atoms with Crippen molar-refractivity contribution in [3.8, 4) is 0 Å². The molecule has 0 aliphatic rings. The number of amides is 1. The smallest absolute Gasteiger partial charge is 0.271 e. The number of aromatic amines is 1. The number of nitrogens with one attached hydrogen (secondary N) is 3. The number of hydrogen-bond donors (Lipinski definition) is 3. The summed E-state index contributed by atoms with van der Waals surface area (Å²) in [6, 6.07) is 5.77. The minimum absolute atomic E-state index is 0.173. The average Bonchev–Trinajstić information content (AvgIpc) is 3.31. The van der Waals surface area contributed by atoms with Gasteiger partial charge in [0.05, 0.1) is 11.6 Å². The molecule has 0 spiro atoms. The summed E-state index contributed by atoms with van der Waals surface area (Å²) in [4.78, 5) is 23.8. The van der Waals surface area contributed by atoms with Crippen LogP contribution in [0.1, 0.15) is 32.4 Å². The number of hydrogen-bond acceptors (Lipinski definition) is 5. The first-order valence-electron chi connectivity index (χ1n) is 8.28. The minimum atomic E-state index is -0.173. The lowest BCUT2D eigenvalue weighted by molar-refractivity contribution is 0.0946. The Bertz CT molecular complexity index is 862. The number of imidazole rings is 1. The molecule has 0 unspecified atom stereocenters. The number of halogens is 1. The van der Waals surface area contributed by atoms with Crippen molar-refractivity contribution < 1.29 is 4.79 Å². The molecule has 1 aromatic carbocycles. The van der Waals surface area contributed by atoms with Crippen LogP contribution in [0.4, 0.5) is 0 Å². The van der Waals surface area contributed by atoms with Gasteiger partial charge in [0.15, 0.2) is 0 Å². The van der Waals surface area contributed by atoms with Crippen molar-refractivity contribution in [2.75, 3.05) is 6.54 Å². The molecule has 3 rings (SSSR count). The number of carbonyl (C=O) groups is 1. The van der Waals surface area contributed by atoms with Crippen LogP contribution < -0.4 is 10.6 Å². The molecule has 2 heterocycles. The Labute approximate surface area is 161 Å². The Hall–Kier alpha value is -2.22. The number of benzene rings is 1. The van der Waals surface area contributed by atoms with Gasteiger partial charge >= 0.3 is 0 Å². The Morgan fingerprint density at radius 2 is 2.23 bits per heavy atom. The normalized spacial score (nSPS) is 10.8. The SMILES string of the molecule is Cc1ccc(CNC(=O)c2csc(CCNCc3ncc[nH]3)n2)cc1Cl. The molecule has 0 aliphatic carbocycles. The number of thiazole rings is 1. The zero-order chi connectivity index (χ0) is 18.4. The zero-order valence-corrected chi connectivity index (χ0v) is 16.0. The van der Waals surface area contributed by atoms with E-state index in [4.69, 9.17) is 11.6 Å². The highest BCUT2D eigenvalue weighted by Gasteiger charge is 2.10. The first-order chi connectivity index (χ1) is 12.6. The Balaban J connectivity index is 1.44. The predicted molar refractivity (Wildman–Crippen MR) is 103 cm³/mol. The van der Waals surface area contributed by atoms with E-state index in [0.29, 0.717) is 23.8 Å². The third kappa shape index (κ3) is 5.14. The molecule has 2 aromatic heterocycles. The van der Waals surface area contributed by atoms with Crippen molar-refractivity contribution in [2.45, 2.75) is 26.4 Å². The fourth-order valence-electron chi connectivity index (χ4n) is 2.35. The highest BCUT2D eigenvalue weighted by Crippen LogP contribution is 2.17. The molecule has 8 heteroatoms. The number of rotatable bonds is 8. The van der Waals surface area contributed by atoms with Gasteiger partial charge in [-0.3, -0.25) is 4.79 Å². The van der Waals surface area contributed by atoms with E-state index in [-0.39, 0.29) is 5.91 Å². The Kier molecular flexibility index (Phi) is 6.38. The molecule has 1 amide bonds. The molecule has 0 saturated carbocycles. The van der Waals surface area contributed by atoms with Gasteiger partial charge in [-0.25, -0.2) is 9.97 Å². The number of aromatic nitrogens is 3. The van der Waals surface area contributed by atoms with E-state index in [9.17, 15) is 4.79 Å². The fourth-order valence-corrected chi connectivity index (χ4v) is 3.33. The van der Waals surface area contributed by atoms with Crippen LogP contribution in [0.5, 0.6) is 0 Å². The summed E-state index contributed by atoms with van der Waals surface area (Å²) in [6.07, 6.45) is 4.30. The summed E-state index contributed by atoms with van der Waals surface area (Å²) in [7, 11) is 0. The highest BCUT2D eigenvalue weighted by atomic mass is 35.5. The van der Waals surface area contributed by atoms with E-state index < -0.39 is 0 Å². The summed E-state index contributed by atoms with van der Waals surface area (Å²) in [5.74, 6) is 0.730. The van der Waals surface area contributed by atoms with E-state index in [2.05, 4.69) is 25.6 Å². The quantitative estimate of drug-likeness (QED) is 0.517. The maximum atomic E-state index is 12.2. The van der Waals surface area contributed by atoms with Crippen molar-refractivity contribution >= 4 is 28.8 Å². The third-order valence-electron chi connectivity index (χ3n) is 3.84. The van der Waals surface area contributed by atoms with Crippen LogP contribution in [0, 0.1) is 6.92 Å². The second kappa shape index (κ2) is 8.93. The van der Waals surface area contributed by atoms with E-state index in [0.717, 1.165) is 34.9 Å². The Morgan fingerprint density at radius 1 is 1.35 bits per heavy atom. The lowest BCUT2D eigenvalue weighted by Gasteiger charge is -2.05. The van der Waals surface area contributed by atoms with Crippen LogP contribution in [0.3, 0.4) is 0 Å². The average molecular weight is 390 g/mol. The van der Waals surface area contributed by atoms with Gasteiger partial charge in [-0.15, -0.1) is 11.3 Å². The Morgan fingerprint density at radius 3 is 3.00 bits per heavy atom. The summed E-state index contributed by atoms with van der Waals surface area (Å²) in [6.45, 7) is 3.84. The van der Waals surface area contributed by atoms with Crippen molar-refractivity contribution in [1.82, 2.24) is 25.6 Å². The molecule has 0 bridgehead atoms. The van der Waals surface area contributed by atoms with Gasteiger partial charge in [0.2, 0.25) is 0 Å². The van der Waals surface area contributed by atoms with E-state index >= 15 is 0 Å². The molecule has 136 valence electrons. The van der Waals surface area contributed by atoms with Crippen molar-refractivity contribution in [1.29, 1.82) is 0 Å². The van der Waals surface area contributed by atoms with Crippen LogP contribution in [-0.2, 0) is 19.5 Å². The summed E-state index contributed by atoms with van der Waals surface area (Å²) >= 11 is 7.60. The second-order valence-electron chi connectivity index (χ2n) is 5.86. The molecule has 0 aliphatic heterocycles. The highest BCUT2D eigenvalue weighted by molar-refractivity contribution is 7.09. The second-order valence-corrected chi connectivity index (χ2v) is 7.21.